The van der Waals surface area contributed by atoms with Crippen molar-refractivity contribution in [2.75, 3.05) is 0 Å². The molecular weight excluding hydrogens is 168 g/mol. The summed E-state index contributed by atoms with van der Waals surface area (Å²) in [5.74, 6) is 0.949. The zero-order chi connectivity index (χ0) is 12.4. The molecule has 0 aromatic carbocycles. The molecule has 0 aromatic heterocycles. The average Bonchev–Trinajstić information content (AvgIpc) is 2.25. The van der Waals surface area contributed by atoms with Gasteiger partial charge in [0.15, 0.2) is 0 Å². The van der Waals surface area contributed by atoms with E-state index in [1.165, 1.54) is 25.7 Å². The topological polar surface area (TPSA) is 0 Å². The standard InChI is InChI=1S/C7H16.C3H8.2C2H6/c1-4-6-7(3)5-2;1-3-2;2*1-2/h7H,4-6H2,1-3H3;3H2,1-2H3;2*1-2H3. The van der Waals surface area contributed by atoms with Gasteiger partial charge in [0.05, 0.1) is 0 Å². The van der Waals surface area contributed by atoms with E-state index >= 15 is 0 Å². The SMILES string of the molecule is CC.CC.CCC.CCCC(C)CC. The van der Waals surface area contributed by atoms with Crippen molar-refractivity contribution < 1.29 is 0 Å². The van der Waals surface area contributed by atoms with Crippen molar-refractivity contribution in [3.8, 4) is 0 Å². The summed E-state index contributed by atoms with van der Waals surface area (Å²) in [5, 5.41) is 0. The molecule has 0 spiro atoms. The van der Waals surface area contributed by atoms with Crippen LogP contribution in [-0.2, 0) is 0 Å². The van der Waals surface area contributed by atoms with Crippen molar-refractivity contribution in [2.24, 2.45) is 5.92 Å². The highest BCUT2D eigenvalue weighted by Gasteiger charge is 1.92. The molecule has 0 bridgehead atoms. The van der Waals surface area contributed by atoms with Gasteiger partial charge in [-0.25, -0.2) is 0 Å². The molecule has 0 saturated carbocycles. The molecule has 0 aliphatic rings. The van der Waals surface area contributed by atoms with Crippen LogP contribution in [0.15, 0.2) is 0 Å². The van der Waals surface area contributed by atoms with E-state index in [0.717, 1.165) is 5.92 Å². The van der Waals surface area contributed by atoms with Crippen LogP contribution in [-0.4, -0.2) is 0 Å². The monoisotopic (exact) mass is 204 g/mol. The van der Waals surface area contributed by atoms with E-state index in [1.807, 2.05) is 27.7 Å². The lowest BCUT2D eigenvalue weighted by Crippen LogP contribution is -1.88. The first-order valence-electron chi connectivity index (χ1n) is 6.72. The normalized spacial score (nSPS) is 9.21. The smallest absolute Gasteiger partial charge is 0.0446 e. The van der Waals surface area contributed by atoms with E-state index in [9.17, 15) is 0 Å². The fourth-order valence-corrected chi connectivity index (χ4v) is 0.697. The summed E-state index contributed by atoms with van der Waals surface area (Å²) in [6.07, 6.45) is 5.33. The third-order valence-electron chi connectivity index (χ3n) is 1.48. The lowest BCUT2D eigenvalue weighted by atomic mass is 10.0. The summed E-state index contributed by atoms with van der Waals surface area (Å²) >= 11 is 0. The molecule has 0 aliphatic carbocycles. The Labute approximate surface area is 94.5 Å². The van der Waals surface area contributed by atoms with Crippen LogP contribution in [0.1, 0.15) is 88.0 Å². The molecule has 92 valence electrons. The lowest BCUT2D eigenvalue weighted by Gasteiger charge is -2.02. The van der Waals surface area contributed by atoms with Gasteiger partial charge >= 0.3 is 0 Å². The number of rotatable bonds is 3. The maximum atomic E-state index is 2.31. The molecule has 0 fully saturated rings. The van der Waals surface area contributed by atoms with Gasteiger partial charge in [-0.3, -0.25) is 0 Å². The number of hydrogen-bond acceptors (Lipinski definition) is 0. The summed E-state index contributed by atoms with van der Waals surface area (Å²) < 4.78 is 0. The van der Waals surface area contributed by atoms with Crippen molar-refractivity contribution >= 4 is 0 Å². The summed E-state index contributed by atoms with van der Waals surface area (Å²) in [6, 6.07) is 0. The van der Waals surface area contributed by atoms with Gasteiger partial charge in [0.2, 0.25) is 0 Å². The Morgan fingerprint density at radius 2 is 1.07 bits per heavy atom. The highest BCUT2D eigenvalue weighted by Crippen LogP contribution is 2.07. The van der Waals surface area contributed by atoms with Crippen LogP contribution >= 0.6 is 0 Å². The van der Waals surface area contributed by atoms with Crippen molar-refractivity contribution in [2.45, 2.75) is 88.0 Å². The minimum absolute atomic E-state index is 0.949. The summed E-state index contributed by atoms with van der Waals surface area (Å²) in [6.45, 7) is 19.1. The van der Waals surface area contributed by atoms with Crippen molar-refractivity contribution in [1.82, 2.24) is 0 Å². The van der Waals surface area contributed by atoms with Crippen LogP contribution < -0.4 is 0 Å². The maximum absolute atomic E-state index is 2.31. The molecule has 0 heterocycles. The van der Waals surface area contributed by atoms with E-state index in [-0.39, 0.29) is 0 Å². The Hall–Kier alpha value is 0. The van der Waals surface area contributed by atoms with E-state index in [0.29, 0.717) is 0 Å². The Balaban J connectivity index is -0.0000000603. The molecule has 0 saturated heterocycles. The largest absolute Gasteiger partial charge is 0.0683 e. The second-order valence-electron chi connectivity index (χ2n) is 3.01. The quantitative estimate of drug-likeness (QED) is 0.506. The maximum Gasteiger partial charge on any atom is -0.0446 e. The third kappa shape index (κ3) is 58.1. The molecule has 0 heteroatoms. The molecule has 0 N–H and O–H groups in total. The Bertz CT molecular complexity index is 39.3. The Kier molecular flexibility index (Phi) is 64.6. The summed E-state index contributed by atoms with van der Waals surface area (Å²) in [4.78, 5) is 0. The van der Waals surface area contributed by atoms with E-state index in [1.54, 1.807) is 0 Å². The van der Waals surface area contributed by atoms with Crippen LogP contribution in [0.25, 0.3) is 0 Å². The van der Waals surface area contributed by atoms with Gasteiger partial charge in [-0.15, -0.1) is 0 Å². The van der Waals surface area contributed by atoms with Crippen molar-refractivity contribution in [1.29, 1.82) is 0 Å². The van der Waals surface area contributed by atoms with Crippen molar-refractivity contribution in [3.63, 3.8) is 0 Å². The average molecular weight is 204 g/mol. The minimum Gasteiger partial charge on any atom is -0.0683 e. The third-order valence-corrected chi connectivity index (χ3v) is 1.48. The van der Waals surface area contributed by atoms with Gasteiger partial charge in [0, 0.05) is 0 Å². The summed E-state index contributed by atoms with van der Waals surface area (Å²) in [7, 11) is 0. The highest BCUT2D eigenvalue weighted by molar-refractivity contribution is 4.45. The minimum atomic E-state index is 0.949. The fraction of sp³-hybridized carbons (Fsp3) is 1.00. The van der Waals surface area contributed by atoms with Gasteiger partial charge in [-0.05, 0) is 5.92 Å². The van der Waals surface area contributed by atoms with Gasteiger partial charge in [-0.2, -0.15) is 0 Å². The van der Waals surface area contributed by atoms with Gasteiger partial charge in [-0.1, -0.05) is 88.0 Å². The fourth-order valence-electron chi connectivity index (χ4n) is 0.697. The van der Waals surface area contributed by atoms with Crippen LogP contribution in [0.2, 0.25) is 0 Å². The zero-order valence-electron chi connectivity index (χ0n) is 12.4. The van der Waals surface area contributed by atoms with Crippen molar-refractivity contribution in [3.05, 3.63) is 0 Å². The second kappa shape index (κ2) is 38.2. The molecule has 1 unspecified atom stereocenters. The van der Waals surface area contributed by atoms with Gasteiger partial charge in [0.25, 0.3) is 0 Å². The summed E-state index contributed by atoms with van der Waals surface area (Å²) in [5.41, 5.74) is 0. The molecule has 0 amide bonds. The van der Waals surface area contributed by atoms with E-state index in [2.05, 4.69) is 34.6 Å². The Morgan fingerprint density at radius 3 is 1.14 bits per heavy atom. The molecule has 0 aromatic rings. The predicted octanol–water partition coefficient (Wildman–Crippen LogP) is 6.30. The van der Waals surface area contributed by atoms with Crippen LogP contribution in [0.3, 0.4) is 0 Å². The first-order chi connectivity index (χ1) is 6.72. The lowest BCUT2D eigenvalue weighted by molar-refractivity contribution is 0.509. The molecular formula is C14H36. The molecule has 14 heavy (non-hydrogen) atoms. The van der Waals surface area contributed by atoms with Gasteiger partial charge in [0.1, 0.15) is 0 Å². The van der Waals surface area contributed by atoms with Crippen LogP contribution in [0.5, 0.6) is 0 Å². The molecule has 0 rings (SSSR count). The van der Waals surface area contributed by atoms with Crippen LogP contribution in [0, 0.1) is 5.92 Å². The van der Waals surface area contributed by atoms with Gasteiger partial charge < -0.3 is 0 Å². The molecule has 0 aliphatic heterocycles. The zero-order valence-corrected chi connectivity index (χ0v) is 12.4. The second-order valence-corrected chi connectivity index (χ2v) is 3.01. The highest BCUT2D eigenvalue weighted by atomic mass is 14.0. The molecule has 1 atom stereocenters. The molecule has 0 nitrogen and oxygen atoms in total. The predicted molar refractivity (Wildman–Crippen MR) is 73.0 cm³/mol. The number of hydrogen-bond donors (Lipinski definition) is 0. The first kappa shape index (κ1) is 23.7. The first-order valence-corrected chi connectivity index (χ1v) is 6.72. The van der Waals surface area contributed by atoms with E-state index in [4.69, 9.17) is 0 Å². The van der Waals surface area contributed by atoms with Crippen LogP contribution in [0.4, 0.5) is 0 Å². The molecule has 0 radical (unpaired) electrons. The Morgan fingerprint density at radius 1 is 0.786 bits per heavy atom. The van der Waals surface area contributed by atoms with E-state index < -0.39 is 0 Å².